The molecule has 1 rings (SSSR count). The summed E-state index contributed by atoms with van der Waals surface area (Å²) in [6.07, 6.45) is 0. The molecule has 0 fully saturated rings. The lowest BCUT2D eigenvalue weighted by atomic mass is 10.3. The van der Waals surface area contributed by atoms with Gasteiger partial charge in [-0.25, -0.2) is 9.89 Å². The van der Waals surface area contributed by atoms with Crippen molar-refractivity contribution in [3.05, 3.63) is 10.5 Å². The molecule has 1 unspecified atom stereocenters. The Hall–Kier alpha value is -1.28. The standard InChI is InChI=1S/C10H18N4O3S/c1-6(2)11-7(8(15)17-4)5-18-10-13-12-9(16)14(10)3/h6-7,11H,5H2,1-4H3,(H,12,16). The third kappa shape index (κ3) is 3.88. The van der Waals surface area contributed by atoms with Crippen LogP contribution in [0.15, 0.2) is 9.95 Å². The maximum atomic E-state index is 11.6. The van der Waals surface area contributed by atoms with Crippen LogP contribution in [-0.4, -0.2) is 45.7 Å². The van der Waals surface area contributed by atoms with Crippen LogP contribution < -0.4 is 11.0 Å². The van der Waals surface area contributed by atoms with Crippen LogP contribution in [0.2, 0.25) is 0 Å². The number of esters is 1. The van der Waals surface area contributed by atoms with E-state index >= 15 is 0 Å². The van der Waals surface area contributed by atoms with Gasteiger partial charge in [-0.15, -0.1) is 5.10 Å². The summed E-state index contributed by atoms with van der Waals surface area (Å²) in [5, 5.41) is 9.85. The van der Waals surface area contributed by atoms with Crippen molar-refractivity contribution in [1.82, 2.24) is 20.1 Å². The fraction of sp³-hybridized carbons (Fsp3) is 0.700. The summed E-state index contributed by atoms with van der Waals surface area (Å²) in [5.41, 5.74) is -0.274. The summed E-state index contributed by atoms with van der Waals surface area (Å²) in [7, 11) is 2.98. The molecular formula is C10H18N4O3S. The molecule has 0 radical (unpaired) electrons. The second-order valence-electron chi connectivity index (χ2n) is 4.08. The highest BCUT2D eigenvalue weighted by Crippen LogP contribution is 2.14. The number of thioether (sulfide) groups is 1. The lowest BCUT2D eigenvalue weighted by Gasteiger charge is -2.18. The second kappa shape index (κ2) is 6.60. The number of carbonyl (C=O) groups excluding carboxylic acids is 1. The molecular weight excluding hydrogens is 256 g/mol. The Labute approximate surface area is 109 Å². The minimum absolute atomic E-state index is 0.165. The summed E-state index contributed by atoms with van der Waals surface area (Å²) in [6, 6.07) is -0.260. The number of ether oxygens (including phenoxy) is 1. The zero-order valence-electron chi connectivity index (χ0n) is 10.9. The summed E-state index contributed by atoms with van der Waals surface area (Å²) in [4.78, 5) is 22.7. The van der Waals surface area contributed by atoms with E-state index < -0.39 is 6.04 Å². The van der Waals surface area contributed by atoms with Gasteiger partial charge < -0.3 is 10.1 Å². The first-order valence-corrected chi connectivity index (χ1v) is 6.52. The van der Waals surface area contributed by atoms with E-state index in [1.165, 1.54) is 23.4 Å². The molecule has 1 aromatic heterocycles. The van der Waals surface area contributed by atoms with Crippen LogP contribution in [0.4, 0.5) is 0 Å². The predicted octanol–water partition coefficient (Wildman–Crippen LogP) is -0.260. The van der Waals surface area contributed by atoms with Crippen molar-refractivity contribution in [2.75, 3.05) is 12.9 Å². The van der Waals surface area contributed by atoms with Crippen molar-refractivity contribution in [2.45, 2.75) is 31.1 Å². The Bertz CT molecular complexity index is 454. The van der Waals surface area contributed by atoms with Crippen molar-refractivity contribution in [1.29, 1.82) is 0 Å². The monoisotopic (exact) mass is 274 g/mol. The van der Waals surface area contributed by atoms with E-state index in [2.05, 4.69) is 15.5 Å². The number of nitrogens with one attached hydrogen (secondary N) is 2. The molecule has 0 aliphatic carbocycles. The molecule has 0 spiro atoms. The Balaban J connectivity index is 2.64. The van der Waals surface area contributed by atoms with Crippen LogP contribution in [0.1, 0.15) is 13.8 Å². The largest absolute Gasteiger partial charge is 0.468 e. The topological polar surface area (TPSA) is 89.0 Å². The van der Waals surface area contributed by atoms with Gasteiger partial charge in [0.25, 0.3) is 0 Å². The number of methoxy groups -OCH3 is 1. The molecule has 7 nitrogen and oxygen atoms in total. The van der Waals surface area contributed by atoms with Gasteiger partial charge in [0.15, 0.2) is 5.16 Å². The highest BCUT2D eigenvalue weighted by Gasteiger charge is 2.21. The summed E-state index contributed by atoms with van der Waals surface area (Å²) in [5.74, 6) is 0.125. The van der Waals surface area contributed by atoms with Gasteiger partial charge in [0.05, 0.1) is 7.11 Å². The molecule has 0 aliphatic rings. The number of aromatic nitrogens is 3. The van der Waals surface area contributed by atoms with Crippen molar-refractivity contribution in [3.63, 3.8) is 0 Å². The highest BCUT2D eigenvalue weighted by atomic mass is 32.2. The van der Waals surface area contributed by atoms with Gasteiger partial charge >= 0.3 is 11.7 Å². The quantitative estimate of drug-likeness (QED) is 0.549. The molecule has 18 heavy (non-hydrogen) atoms. The maximum Gasteiger partial charge on any atom is 0.343 e. The van der Waals surface area contributed by atoms with Gasteiger partial charge in [0.1, 0.15) is 6.04 Å². The molecule has 0 saturated carbocycles. The average molecular weight is 274 g/mol. The molecule has 102 valence electrons. The number of hydrogen-bond acceptors (Lipinski definition) is 6. The van der Waals surface area contributed by atoms with Crippen LogP contribution >= 0.6 is 11.8 Å². The van der Waals surface area contributed by atoms with Gasteiger partial charge in [0.2, 0.25) is 0 Å². The fourth-order valence-electron chi connectivity index (χ4n) is 1.35. The van der Waals surface area contributed by atoms with Crippen LogP contribution in [-0.2, 0) is 16.6 Å². The molecule has 1 aromatic rings. The minimum atomic E-state index is -0.424. The number of H-pyrrole nitrogens is 1. The number of nitrogens with zero attached hydrogens (tertiary/aromatic N) is 2. The molecule has 2 N–H and O–H groups in total. The predicted molar refractivity (Wildman–Crippen MR) is 68.6 cm³/mol. The van der Waals surface area contributed by atoms with Crippen molar-refractivity contribution < 1.29 is 9.53 Å². The first kappa shape index (κ1) is 14.8. The van der Waals surface area contributed by atoms with E-state index in [0.717, 1.165) is 0 Å². The summed E-state index contributed by atoms with van der Waals surface area (Å²) in [6.45, 7) is 3.90. The number of carbonyl (C=O) groups is 1. The fourth-order valence-corrected chi connectivity index (χ4v) is 2.28. The second-order valence-corrected chi connectivity index (χ2v) is 5.07. The van der Waals surface area contributed by atoms with Gasteiger partial charge in [0, 0.05) is 18.8 Å². The first-order chi connectivity index (χ1) is 8.45. The number of hydrogen-bond donors (Lipinski definition) is 2. The normalized spacial score (nSPS) is 12.7. The molecule has 0 saturated heterocycles. The third-order valence-electron chi connectivity index (χ3n) is 2.24. The van der Waals surface area contributed by atoms with Gasteiger partial charge in [-0.3, -0.25) is 9.36 Å². The molecule has 1 heterocycles. The minimum Gasteiger partial charge on any atom is -0.468 e. The lowest BCUT2D eigenvalue weighted by molar-refractivity contribution is -0.142. The Morgan fingerprint density at radius 2 is 2.28 bits per heavy atom. The van der Waals surface area contributed by atoms with E-state index in [0.29, 0.717) is 10.9 Å². The summed E-state index contributed by atoms with van der Waals surface area (Å²) >= 11 is 1.32. The SMILES string of the molecule is COC(=O)C(CSc1n[nH]c(=O)n1C)NC(C)C. The molecule has 0 aromatic carbocycles. The molecule has 1 atom stereocenters. The Morgan fingerprint density at radius 3 is 2.72 bits per heavy atom. The van der Waals surface area contributed by atoms with Crippen LogP contribution in [0.25, 0.3) is 0 Å². The average Bonchev–Trinajstić information content (AvgIpc) is 2.64. The lowest BCUT2D eigenvalue weighted by Crippen LogP contribution is -2.43. The molecule has 0 bridgehead atoms. The van der Waals surface area contributed by atoms with Crippen molar-refractivity contribution in [2.24, 2.45) is 7.05 Å². The smallest absolute Gasteiger partial charge is 0.343 e. The number of aromatic amines is 1. The van der Waals surface area contributed by atoms with Crippen molar-refractivity contribution >= 4 is 17.7 Å². The van der Waals surface area contributed by atoms with Crippen LogP contribution in [0.5, 0.6) is 0 Å². The molecule has 0 aliphatic heterocycles. The third-order valence-corrected chi connectivity index (χ3v) is 3.36. The number of rotatable bonds is 6. The zero-order chi connectivity index (χ0) is 13.7. The van der Waals surface area contributed by atoms with E-state index in [4.69, 9.17) is 4.74 Å². The maximum absolute atomic E-state index is 11.6. The first-order valence-electron chi connectivity index (χ1n) is 5.53. The van der Waals surface area contributed by atoms with Gasteiger partial charge in [-0.1, -0.05) is 25.6 Å². The molecule has 8 heteroatoms. The van der Waals surface area contributed by atoms with E-state index in [1.807, 2.05) is 13.8 Å². The summed E-state index contributed by atoms with van der Waals surface area (Å²) < 4.78 is 6.12. The van der Waals surface area contributed by atoms with Gasteiger partial charge in [-0.05, 0) is 0 Å². The Morgan fingerprint density at radius 1 is 1.61 bits per heavy atom. The van der Waals surface area contributed by atoms with E-state index in [-0.39, 0.29) is 17.7 Å². The molecule has 0 amide bonds. The van der Waals surface area contributed by atoms with E-state index in [9.17, 15) is 9.59 Å². The highest BCUT2D eigenvalue weighted by molar-refractivity contribution is 7.99. The zero-order valence-corrected chi connectivity index (χ0v) is 11.7. The van der Waals surface area contributed by atoms with Crippen LogP contribution in [0.3, 0.4) is 0 Å². The van der Waals surface area contributed by atoms with E-state index in [1.54, 1.807) is 7.05 Å². The van der Waals surface area contributed by atoms with Crippen LogP contribution in [0, 0.1) is 0 Å². The van der Waals surface area contributed by atoms with Gasteiger partial charge in [-0.2, -0.15) is 0 Å². The Kier molecular flexibility index (Phi) is 5.42. The van der Waals surface area contributed by atoms with Crippen molar-refractivity contribution in [3.8, 4) is 0 Å².